The van der Waals surface area contributed by atoms with E-state index in [1.165, 1.54) is 7.11 Å². The monoisotopic (exact) mass is 274 g/mol. The van der Waals surface area contributed by atoms with Gasteiger partial charge in [0.25, 0.3) is 0 Å². The van der Waals surface area contributed by atoms with Crippen LogP contribution >= 0.6 is 0 Å². The third kappa shape index (κ3) is 2.57. The minimum Gasteiger partial charge on any atom is -0.479 e. The molecule has 2 rings (SSSR count). The minimum absolute atomic E-state index is 0.105. The summed E-state index contributed by atoms with van der Waals surface area (Å²) in [6.07, 6.45) is 0. The van der Waals surface area contributed by atoms with Crippen molar-refractivity contribution in [2.45, 2.75) is 0 Å². The molecule has 4 N–H and O–H groups in total. The number of anilines is 4. The van der Waals surface area contributed by atoms with E-state index in [4.69, 9.17) is 16.2 Å². The summed E-state index contributed by atoms with van der Waals surface area (Å²) in [6, 6.07) is 9.71. The number of nitrogen functional groups attached to an aromatic ring is 2. The van der Waals surface area contributed by atoms with E-state index in [0.29, 0.717) is 11.5 Å². The Hall–Kier alpha value is -2.54. The second kappa shape index (κ2) is 5.62. The molecule has 0 unspecified atom stereocenters. The van der Waals surface area contributed by atoms with Gasteiger partial charge in [-0.25, -0.2) is 5.01 Å². The third-order valence-electron chi connectivity index (χ3n) is 2.70. The molecule has 0 amide bonds. The predicted molar refractivity (Wildman–Crippen MR) is 79.7 cm³/mol. The molecule has 1 aromatic heterocycles. The molecule has 0 spiro atoms. The molecule has 0 atom stereocenters. The molecule has 0 aliphatic heterocycles. The van der Waals surface area contributed by atoms with Gasteiger partial charge < -0.3 is 16.2 Å². The summed E-state index contributed by atoms with van der Waals surface area (Å²) in [4.78, 5) is 8.19. The number of nitrogens with zero attached hydrogens (tertiary/aromatic N) is 4. The first kappa shape index (κ1) is 13.9. The van der Waals surface area contributed by atoms with E-state index in [-0.39, 0.29) is 11.8 Å². The Morgan fingerprint density at radius 3 is 2.25 bits per heavy atom. The van der Waals surface area contributed by atoms with Crippen LogP contribution in [0.3, 0.4) is 0 Å². The topological polar surface area (TPSA) is 93.5 Å². The number of ether oxygens (including phenoxy) is 1. The number of aromatic nitrogens is 2. The lowest BCUT2D eigenvalue weighted by atomic mass is 10.3. The van der Waals surface area contributed by atoms with E-state index >= 15 is 0 Å². The van der Waals surface area contributed by atoms with Crippen molar-refractivity contribution in [2.75, 3.05) is 37.7 Å². The largest absolute Gasteiger partial charge is 0.479 e. The first-order valence-corrected chi connectivity index (χ1v) is 6.04. The Balaban J connectivity index is 2.59. The fraction of sp³-hybridized carbons (Fsp3) is 0.231. The molecule has 7 nitrogen and oxygen atoms in total. The third-order valence-corrected chi connectivity index (χ3v) is 2.70. The molecule has 1 aromatic carbocycles. The van der Waals surface area contributed by atoms with Crippen LogP contribution in [0.2, 0.25) is 0 Å². The lowest BCUT2D eigenvalue weighted by Gasteiger charge is -2.31. The van der Waals surface area contributed by atoms with Crippen LogP contribution in [0.1, 0.15) is 0 Å². The zero-order chi connectivity index (χ0) is 14.7. The smallest absolute Gasteiger partial charge is 0.244 e. The maximum atomic E-state index is 6.06. The Morgan fingerprint density at radius 1 is 1.05 bits per heavy atom. The Morgan fingerprint density at radius 2 is 1.70 bits per heavy atom. The van der Waals surface area contributed by atoms with Crippen molar-refractivity contribution < 1.29 is 4.74 Å². The molecule has 0 radical (unpaired) electrons. The summed E-state index contributed by atoms with van der Waals surface area (Å²) >= 11 is 0. The molecule has 0 saturated heterocycles. The fourth-order valence-corrected chi connectivity index (χ4v) is 1.88. The first-order valence-electron chi connectivity index (χ1n) is 6.04. The molecule has 7 heteroatoms. The number of benzene rings is 1. The molecule has 106 valence electrons. The SMILES string of the molecule is COc1nc(N)nc(N(c2ccccc2)N(C)C)c1N. The van der Waals surface area contributed by atoms with E-state index < -0.39 is 0 Å². The van der Waals surface area contributed by atoms with Gasteiger partial charge >= 0.3 is 0 Å². The molecule has 0 bridgehead atoms. The summed E-state index contributed by atoms with van der Waals surface area (Å²) < 4.78 is 5.13. The van der Waals surface area contributed by atoms with Crippen LogP contribution in [0, 0.1) is 0 Å². The van der Waals surface area contributed by atoms with Gasteiger partial charge in [-0.3, -0.25) is 5.01 Å². The first-order chi connectivity index (χ1) is 9.54. The molecule has 0 aliphatic rings. The normalized spacial score (nSPS) is 10.6. The van der Waals surface area contributed by atoms with Crippen molar-refractivity contribution in [1.82, 2.24) is 15.0 Å². The summed E-state index contributed by atoms with van der Waals surface area (Å²) in [5, 5.41) is 3.68. The van der Waals surface area contributed by atoms with Gasteiger partial charge in [-0.1, -0.05) is 18.2 Å². The van der Waals surface area contributed by atoms with Gasteiger partial charge in [-0.2, -0.15) is 9.97 Å². The van der Waals surface area contributed by atoms with Gasteiger partial charge in [0.05, 0.1) is 12.8 Å². The van der Waals surface area contributed by atoms with Crippen molar-refractivity contribution in [1.29, 1.82) is 0 Å². The van der Waals surface area contributed by atoms with Gasteiger partial charge in [0.2, 0.25) is 11.8 Å². The number of hydrogen-bond donors (Lipinski definition) is 2. The van der Waals surface area contributed by atoms with Crippen LogP contribution in [0.5, 0.6) is 5.88 Å². The summed E-state index contributed by atoms with van der Waals surface area (Å²) in [6.45, 7) is 0. The Bertz CT molecular complexity index is 587. The van der Waals surface area contributed by atoms with Crippen LogP contribution in [-0.2, 0) is 0 Å². The predicted octanol–water partition coefficient (Wildman–Crippen LogP) is 1.26. The van der Waals surface area contributed by atoms with Gasteiger partial charge in [-0.05, 0) is 12.1 Å². The number of para-hydroxylation sites is 1. The molecule has 2 aromatic rings. The van der Waals surface area contributed by atoms with Crippen molar-refractivity contribution >= 4 is 23.1 Å². The van der Waals surface area contributed by atoms with E-state index in [9.17, 15) is 0 Å². The fourth-order valence-electron chi connectivity index (χ4n) is 1.88. The van der Waals surface area contributed by atoms with Crippen molar-refractivity contribution in [2.24, 2.45) is 0 Å². The second-order valence-corrected chi connectivity index (χ2v) is 4.32. The van der Waals surface area contributed by atoms with Crippen LogP contribution < -0.4 is 21.2 Å². The van der Waals surface area contributed by atoms with Crippen LogP contribution in [-0.4, -0.2) is 36.2 Å². The zero-order valence-corrected chi connectivity index (χ0v) is 11.7. The van der Waals surface area contributed by atoms with Gasteiger partial charge in [-0.15, -0.1) is 0 Å². The van der Waals surface area contributed by atoms with E-state index in [0.717, 1.165) is 5.69 Å². The second-order valence-electron chi connectivity index (χ2n) is 4.32. The Labute approximate surface area is 117 Å². The number of hydrazine groups is 1. The van der Waals surface area contributed by atoms with E-state index in [1.807, 2.05) is 54.4 Å². The summed E-state index contributed by atoms with van der Waals surface area (Å²) in [5.74, 6) is 0.842. The van der Waals surface area contributed by atoms with Gasteiger partial charge in [0.15, 0.2) is 5.82 Å². The Kier molecular flexibility index (Phi) is 3.90. The lowest BCUT2D eigenvalue weighted by Crippen LogP contribution is -2.34. The highest BCUT2D eigenvalue weighted by molar-refractivity contribution is 5.74. The highest BCUT2D eigenvalue weighted by Gasteiger charge is 2.20. The summed E-state index contributed by atoms with van der Waals surface area (Å²) in [7, 11) is 5.26. The molecule has 0 aliphatic carbocycles. The standard InChI is InChI=1S/C13H18N6O/c1-18(2)19(9-7-5-4-6-8-9)11-10(14)12(20-3)17-13(15)16-11/h4-8H,14H2,1-3H3,(H2,15,16,17). The maximum Gasteiger partial charge on any atom is 0.244 e. The highest BCUT2D eigenvalue weighted by atomic mass is 16.5. The van der Waals surface area contributed by atoms with Gasteiger partial charge in [0, 0.05) is 14.1 Å². The van der Waals surface area contributed by atoms with Crippen LogP contribution in [0.15, 0.2) is 30.3 Å². The molecule has 1 heterocycles. The molecule has 0 fully saturated rings. The highest BCUT2D eigenvalue weighted by Crippen LogP contribution is 2.34. The van der Waals surface area contributed by atoms with E-state index in [2.05, 4.69) is 9.97 Å². The van der Waals surface area contributed by atoms with Gasteiger partial charge in [0.1, 0.15) is 5.69 Å². The average Bonchev–Trinajstić information content (AvgIpc) is 2.43. The molecule has 0 saturated carbocycles. The summed E-state index contributed by atoms with van der Waals surface area (Å²) in [5.41, 5.74) is 13.0. The number of hydrogen-bond acceptors (Lipinski definition) is 7. The number of methoxy groups -OCH3 is 1. The lowest BCUT2D eigenvalue weighted by molar-refractivity contribution is 0.394. The van der Waals surface area contributed by atoms with Crippen molar-refractivity contribution in [3.63, 3.8) is 0 Å². The maximum absolute atomic E-state index is 6.06. The average molecular weight is 274 g/mol. The van der Waals surface area contributed by atoms with Crippen LogP contribution in [0.25, 0.3) is 0 Å². The van der Waals surface area contributed by atoms with E-state index in [1.54, 1.807) is 0 Å². The number of rotatable bonds is 4. The molecule has 20 heavy (non-hydrogen) atoms. The molecular formula is C13H18N6O. The van der Waals surface area contributed by atoms with Crippen LogP contribution in [0.4, 0.5) is 23.1 Å². The van der Waals surface area contributed by atoms with Crippen molar-refractivity contribution in [3.8, 4) is 5.88 Å². The zero-order valence-electron chi connectivity index (χ0n) is 11.7. The number of nitrogens with two attached hydrogens (primary N) is 2. The minimum atomic E-state index is 0.105. The van der Waals surface area contributed by atoms with Crippen molar-refractivity contribution in [3.05, 3.63) is 30.3 Å². The molecular weight excluding hydrogens is 256 g/mol. The quantitative estimate of drug-likeness (QED) is 0.811.